The molecule has 2 aliphatic heterocycles. The van der Waals surface area contributed by atoms with E-state index in [1.807, 2.05) is 6.92 Å². The van der Waals surface area contributed by atoms with Crippen molar-refractivity contribution < 1.29 is 28.2 Å². The van der Waals surface area contributed by atoms with Crippen molar-refractivity contribution in [2.75, 3.05) is 13.2 Å². The number of nitrogens with zero attached hydrogens (tertiary/aromatic N) is 2. The minimum absolute atomic E-state index is 0.0953. The molecule has 0 radical (unpaired) electrons. The number of carbonyl (C=O) groups is 1. The Morgan fingerprint density at radius 2 is 1.90 bits per heavy atom. The van der Waals surface area contributed by atoms with Gasteiger partial charge in [0.15, 0.2) is 19.7 Å². The van der Waals surface area contributed by atoms with E-state index in [9.17, 15) is 9.90 Å². The smallest absolute Gasteiger partial charge is 0.416 e. The second-order valence-electron chi connectivity index (χ2n) is 10.6. The fourth-order valence-corrected chi connectivity index (χ4v) is 5.77. The number of rotatable bonds is 5. The van der Waals surface area contributed by atoms with Crippen LogP contribution in [0.25, 0.3) is 0 Å². The highest BCUT2D eigenvalue weighted by atomic mass is 32.2. The van der Waals surface area contributed by atoms with Crippen LogP contribution in [0.2, 0.25) is 18.1 Å². The van der Waals surface area contributed by atoms with E-state index in [1.54, 1.807) is 20.8 Å². The standard InChI is InChI=1S/C21H39FN2O5SSi/c1-10-24(19(26)28-20(2,3)4)18-23-15-14(22)16(29-31(8,9)21(5,6)7)13(11-12-25)27-17(15)30-18/h13-17,25H,10-12H2,1-9H3/t13-,14+,15-,16-,17-/m1/s1. The van der Waals surface area contributed by atoms with Crippen molar-refractivity contribution in [1.82, 2.24) is 4.90 Å². The van der Waals surface area contributed by atoms with Crippen molar-refractivity contribution in [3.63, 3.8) is 0 Å². The fourth-order valence-electron chi connectivity index (χ4n) is 3.18. The Bertz CT molecular complexity index is 680. The van der Waals surface area contributed by atoms with Crippen LogP contribution in [0.4, 0.5) is 9.18 Å². The molecule has 1 saturated heterocycles. The van der Waals surface area contributed by atoms with Gasteiger partial charge in [-0.15, -0.1) is 0 Å². The van der Waals surface area contributed by atoms with Crippen molar-refractivity contribution in [3.05, 3.63) is 0 Å². The van der Waals surface area contributed by atoms with Gasteiger partial charge in [-0.05, 0) is 52.2 Å². The lowest BCUT2D eigenvalue weighted by Gasteiger charge is -2.46. The Morgan fingerprint density at radius 3 is 2.39 bits per heavy atom. The molecule has 0 aromatic heterocycles. The number of amides is 1. The Balaban J connectivity index is 2.27. The number of hydrogen-bond acceptors (Lipinski definition) is 7. The zero-order valence-electron chi connectivity index (χ0n) is 20.3. The second kappa shape index (κ2) is 9.67. The quantitative estimate of drug-likeness (QED) is 0.584. The number of carbonyl (C=O) groups excluding carboxylic acids is 1. The van der Waals surface area contributed by atoms with E-state index >= 15 is 4.39 Å². The minimum atomic E-state index is -2.28. The summed E-state index contributed by atoms with van der Waals surface area (Å²) in [7, 11) is -2.28. The predicted molar refractivity (Wildman–Crippen MR) is 125 cm³/mol. The third-order valence-electron chi connectivity index (χ3n) is 5.89. The third kappa shape index (κ3) is 6.22. The number of thioether (sulfide) groups is 1. The first-order chi connectivity index (χ1) is 14.1. The maximum Gasteiger partial charge on any atom is 0.416 e. The maximum atomic E-state index is 15.8. The molecule has 10 heteroatoms. The highest BCUT2D eigenvalue weighted by Gasteiger charge is 2.53. The summed E-state index contributed by atoms with van der Waals surface area (Å²) in [6.07, 6.45) is -3.02. The Labute approximate surface area is 191 Å². The maximum absolute atomic E-state index is 15.8. The molecular formula is C21H39FN2O5SSi. The molecule has 2 rings (SSSR count). The van der Waals surface area contributed by atoms with E-state index in [2.05, 4.69) is 38.9 Å². The van der Waals surface area contributed by atoms with Crippen LogP contribution in [-0.4, -0.2) is 78.2 Å². The number of alkyl halides is 1. The van der Waals surface area contributed by atoms with Gasteiger partial charge in [0.1, 0.15) is 23.2 Å². The van der Waals surface area contributed by atoms with E-state index in [-0.39, 0.29) is 18.1 Å². The summed E-state index contributed by atoms with van der Waals surface area (Å²) in [5.74, 6) is 0. The van der Waals surface area contributed by atoms with Gasteiger partial charge in [-0.25, -0.2) is 9.18 Å². The van der Waals surface area contributed by atoms with Crippen LogP contribution in [0.5, 0.6) is 0 Å². The summed E-state index contributed by atoms with van der Waals surface area (Å²) in [4.78, 5) is 18.6. The summed E-state index contributed by atoms with van der Waals surface area (Å²) in [6.45, 7) is 17.9. The van der Waals surface area contributed by atoms with Crippen LogP contribution >= 0.6 is 11.8 Å². The van der Waals surface area contributed by atoms with Gasteiger partial charge in [0.05, 0.1) is 6.10 Å². The van der Waals surface area contributed by atoms with Gasteiger partial charge in [-0.1, -0.05) is 32.5 Å². The molecule has 0 aromatic rings. The summed E-state index contributed by atoms with van der Waals surface area (Å²) in [5, 5.41) is 9.83. The number of amidine groups is 1. The summed E-state index contributed by atoms with van der Waals surface area (Å²) >= 11 is 1.23. The highest BCUT2D eigenvalue weighted by molar-refractivity contribution is 8.14. The van der Waals surface area contributed by atoms with Gasteiger partial charge in [-0.3, -0.25) is 9.89 Å². The normalized spacial score (nSPS) is 29.4. The zero-order chi connectivity index (χ0) is 23.8. The number of aliphatic hydroxyl groups excluding tert-OH is 1. The molecule has 2 aliphatic rings. The number of aliphatic hydroxyl groups is 1. The molecule has 31 heavy (non-hydrogen) atoms. The lowest BCUT2D eigenvalue weighted by Crippen LogP contribution is -2.58. The van der Waals surface area contributed by atoms with Crippen LogP contribution in [0.3, 0.4) is 0 Å². The van der Waals surface area contributed by atoms with E-state index in [4.69, 9.17) is 13.9 Å². The average Bonchev–Trinajstić information content (AvgIpc) is 3.00. The van der Waals surface area contributed by atoms with Gasteiger partial charge in [0, 0.05) is 13.2 Å². The summed E-state index contributed by atoms with van der Waals surface area (Å²) in [6, 6.07) is -0.777. The molecule has 5 atom stereocenters. The third-order valence-corrected chi connectivity index (χ3v) is 11.5. The Kier molecular flexibility index (Phi) is 8.28. The molecule has 0 saturated carbocycles. The van der Waals surface area contributed by atoms with Crippen molar-refractivity contribution in [1.29, 1.82) is 0 Å². The summed E-state index contributed by atoms with van der Waals surface area (Å²) in [5.41, 5.74) is -1.22. The molecule has 1 fully saturated rings. The van der Waals surface area contributed by atoms with E-state index in [1.165, 1.54) is 16.7 Å². The molecule has 1 N–H and O–H groups in total. The highest BCUT2D eigenvalue weighted by Crippen LogP contribution is 2.44. The van der Waals surface area contributed by atoms with Gasteiger partial charge in [-0.2, -0.15) is 0 Å². The molecule has 0 spiro atoms. The van der Waals surface area contributed by atoms with Gasteiger partial charge < -0.3 is 19.0 Å². The van der Waals surface area contributed by atoms with Crippen molar-refractivity contribution in [2.24, 2.45) is 4.99 Å². The number of fused-ring (bicyclic) bond motifs is 1. The first kappa shape index (κ1) is 26.6. The van der Waals surface area contributed by atoms with Crippen molar-refractivity contribution in [2.45, 2.75) is 108 Å². The van der Waals surface area contributed by atoms with E-state index in [0.29, 0.717) is 11.7 Å². The molecule has 0 bridgehead atoms. The lowest BCUT2D eigenvalue weighted by molar-refractivity contribution is -0.130. The van der Waals surface area contributed by atoms with E-state index < -0.39 is 49.9 Å². The first-order valence-corrected chi connectivity index (χ1v) is 14.7. The number of aliphatic imine (C=N–C) groups is 1. The predicted octanol–water partition coefficient (Wildman–Crippen LogP) is 4.55. The Morgan fingerprint density at radius 1 is 1.29 bits per heavy atom. The molecular weight excluding hydrogens is 439 g/mol. The van der Waals surface area contributed by atoms with Crippen LogP contribution in [0, 0.1) is 0 Å². The molecule has 180 valence electrons. The van der Waals surface area contributed by atoms with E-state index in [0.717, 1.165) is 0 Å². The van der Waals surface area contributed by atoms with Gasteiger partial charge in [0.2, 0.25) is 0 Å². The monoisotopic (exact) mass is 478 g/mol. The average molecular weight is 479 g/mol. The number of halogens is 1. The van der Waals surface area contributed by atoms with Gasteiger partial charge >= 0.3 is 6.09 Å². The topological polar surface area (TPSA) is 80.6 Å². The fraction of sp³-hybridized carbons (Fsp3) is 0.905. The molecule has 7 nitrogen and oxygen atoms in total. The van der Waals surface area contributed by atoms with Crippen LogP contribution in [0.1, 0.15) is 54.9 Å². The number of ether oxygens (including phenoxy) is 2. The van der Waals surface area contributed by atoms with Gasteiger partial charge in [0.25, 0.3) is 0 Å². The second-order valence-corrected chi connectivity index (χ2v) is 16.4. The SMILES string of the molecule is CCN(C(=O)OC(C)(C)C)C1=N[C@@H]2[C@H](F)[C@H](O[Si](C)(C)C(C)(C)C)[C@@H](CCO)O[C@@H]2S1. The lowest BCUT2D eigenvalue weighted by atomic mass is 9.98. The molecule has 2 heterocycles. The number of hydrogen-bond donors (Lipinski definition) is 1. The van der Waals surface area contributed by atoms with Crippen molar-refractivity contribution >= 4 is 31.3 Å². The Hall–Kier alpha value is -0.683. The van der Waals surface area contributed by atoms with Crippen LogP contribution in [0.15, 0.2) is 4.99 Å². The molecule has 0 aromatic carbocycles. The van der Waals surface area contributed by atoms with Crippen LogP contribution in [-0.2, 0) is 13.9 Å². The molecule has 0 unspecified atom stereocenters. The largest absolute Gasteiger partial charge is 0.443 e. The first-order valence-electron chi connectivity index (χ1n) is 10.9. The molecule has 0 aliphatic carbocycles. The van der Waals surface area contributed by atoms with Crippen molar-refractivity contribution in [3.8, 4) is 0 Å². The van der Waals surface area contributed by atoms with Crippen LogP contribution < -0.4 is 0 Å². The minimum Gasteiger partial charge on any atom is -0.443 e. The molecule has 1 amide bonds. The zero-order valence-corrected chi connectivity index (χ0v) is 22.1. The summed E-state index contributed by atoms with van der Waals surface area (Å²) < 4.78 is 33.8.